The Morgan fingerprint density at radius 3 is 2.70 bits per heavy atom. The maximum Gasteiger partial charge on any atom is 0.313 e. The van der Waals surface area contributed by atoms with Crippen molar-refractivity contribution in [3.8, 4) is 5.75 Å². The minimum absolute atomic E-state index is 0.145. The van der Waals surface area contributed by atoms with Gasteiger partial charge in [0.1, 0.15) is 12.2 Å². The molecule has 1 aromatic carbocycles. The molecule has 1 rings (SSSR count). The van der Waals surface area contributed by atoms with Gasteiger partial charge in [0.15, 0.2) is 5.78 Å². The summed E-state index contributed by atoms with van der Waals surface area (Å²) in [6, 6.07) is 7.67. The first kappa shape index (κ1) is 16.2. The maximum absolute atomic E-state index is 11.7. The molecule has 0 saturated heterocycles. The number of hydrogen-bond acceptors (Lipinski definition) is 5. The van der Waals surface area contributed by atoms with Gasteiger partial charge in [-0.2, -0.15) is 0 Å². The molecule has 0 radical (unpaired) electrons. The molecule has 0 amide bonds. The molecule has 5 nitrogen and oxygen atoms in total. The molecule has 0 aliphatic heterocycles. The van der Waals surface area contributed by atoms with Gasteiger partial charge in [0.25, 0.3) is 0 Å². The number of rotatable bonds is 8. The first-order chi connectivity index (χ1) is 9.55. The van der Waals surface area contributed by atoms with Gasteiger partial charge in [0.05, 0.1) is 20.3 Å². The Morgan fingerprint density at radius 1 is 1.30 bits per heavy atom. The summed E-state index contributed by atoms with van der Waals surface area (Å²) in [5, 5.41) is 0. The molecule has 0 spiro atoms. The van der Waals surface area contributed by atoms with Crippen LogP contribution < -0.4 is 4.74 Å². The molecule has 0 aliphatic rings. The normalized spacial score (nSPS) is 10.4. The Labute approximate surface area is 119 Å². The summed E-state index contributed by atoms with van der Waals surface area (Å²) < 4.78 is 9.90. The van der Waals surface area contributed by atoms with Crippen LogP contribution in [0.25, 0.3) is 0 Å². The van der Waals surface area contributed by atoms with Crippen LogP contribution in [0, 0.1) is 0 Å². The largest absolute Gasteiger partial charge is 0.497 e. The van der Waals surface area contributed by atoms with Crippen LogP contribution >= 0.6 is 0 Å². The number of ether oxygens (including phenoxy) is 2. The molecule has 0 atom stereocenters. The van der Waals surface area contributed by atoms with Gasteiger partial charge in [-0.1, -0.05) is 12.1 Å². The van der Waals surface area contributed by atoms with Crippen LogP contribution in [0.3, 0.4) is 0 Å². The van der Waals surface area contributed by atoms with E-state index in [1.165, 1.54) is 0 Å². The van der Waals surface area contributed by atoms with Crippen molar-refractivity contribution < 1.29 is 19.1 Å². The lowest BCUT2D eigenvalue weighted by atomic mass is 10.2. The Bertz CT molecular complexity index is 459. The van der Waals surface area contributed by atoms with E-state index < -0.39 is 5.97 Å². The second-order valence-corrected chi connectivity index (χ2v) is 4.54. The molecule has 0 unspecified atom stereocenters. The summed E-state index contributed by atoms with van der Waals surface area (Å²) in [7, 11) is 3.45. The number of esters is 1. The predicted octanol–water partition coefficient (Wildman–Crippen LogP) is 1.65. The third kappa shape index (κ3) is 5.84. The number of Topliss-reactive ketones (excluding diaryl/α,β-unsaturated/α-hetero) is 1. The minimum Gasteiger partial charge on any atom is -0.497 e. The molecule has 110 valence electrons. The quantitative estimate of drug-likeness (QED) is 0.535. The van der Waals surface area contributed by atoms with Crippen LogP contribution in [-0.2, 0) is 20.9 Å². The van der Waals surface area contributed by atoms with E-state index in [1.807, 2.05) is 36.2 Å². The molecule has 20 heavy (non-hydrogen) atoms. The summed E-state index contributed by atoms with van der Waals surface area (Å²) in [4.78, 5) is 24.7. The van der Waals surface area contributed by atoms with E-state index in [1.54, 1.807) is 14.0 Å². The lowest BCUT2D eigenvalue weighted by molar-refractivity contribution is -0.145. The van der Waals surface area contributed by atoms with E-state index in [9.17, 15) is 9.59 Å². The van der Waals surface area contributed by atoms with Gasteiger partial charge in [-0.05, 0) is 31.7 Å². The van der Waals surface area contributed by atoms with Crippen molar-refractivity contribution in [1.82, 2.24) is 4.90 Å². The SMILES string of the molecule is CCOC(=O)CC(=O)CN(C)Cc1cccc(OC)c1. The summed E-state index contributed by atoms with van der Waals surface area (Å²) in [5.41, 5.74) is 1.05. The van der Waals surface area contributed by atoms with E-state index in [0.717, 1.165) is 11.3 Å². The highest BCUT2D eigenvalue weighted by Crippen LogP contribution is 2.13. The minimum atomic E-state index is -0.465. The molecule has 0 bridgehead atoms. The molecule has 0 aliphatic carbocycles. The predicted molar refractivity (Wildman–Crippen MR) is 75.6 cm³/mol. The summed E-state index contributed by atoms with van der Waals surface area (Å²) in [6.45, 7) is 2.85. The van der Waals surface area contributed by atoms with Crippen LogP contribution in [-0.4, -0.2) is 44.0 Å². The molecular weight excluding hydrogens is 258 g/mol. The zero-order chi connectivity index (χ0) is 15.0. The van der Waals surface area contributed by atoms with Gasteiger partial charge in [-0.15, -0.1) is 0 Å². The summed E-state index contributed by atoms with van der Waals surface area (Å²) in [6.07, 6.45) is -0.170. The van der Waals surface area contributed by atoms with Crippen LogP contribution in [0.2, 0.25) is 0 Å². The first-order valence-corrected chi connectivity index (χ1v) is 6.54. The van der Waals surface area contributed by atoms with Gasteiger partial charge < -0.3 is 9.47 Å². The van der Waals surface area contributed by atoms with Crippen molar-refractivity contribution in [3.05, 3.63) is 29.8 Å². The van der Waals surface area contributed by atoms with Gasteiger partial charge >= 0.3 is 5.97 Å². The van der Waals surface area contributed by atoms with Gasteiger partial charge in [-0.3, -0.25) is 14.5 Å². The van der Waals surface area contributed by atoms with Crippen molar-refractivity contribution in [2.45, 2.75) is 19.9 Å². The van der Waals surface area contributed by atoms with Gasteiger partial charge in [0, 0.05) is 6.54 Å². The van der Waals surface area contributed by atoms with Crippen LogP contribution in [0.1, 0.15) is 18.9 Å². The number of ketones is 1. The van der Waals surface area contributed by atoms with Crippen LogP contribution in [0.4, 0.5) is 0 Å². The summed E-state index contributed by atoms with van der Waals surface area (Å²) >= 11 is 0. The number of nitrogens with zero attached hydrogens (tertiary/aromatic N) is 1. The Kier molecular flexibility index (Phi) is 6.73. The lowest BCUT2D eigenvalue weighted by Crippen LogP contribution is -2.27. The molecule has 0 aromatic heterocycles. The second-order valence-electron chi connectivity index (χ2n) is 4.54. The number of carbonyl (C=O) groups excluding carboxylic acids is 2. The van der Waals surface area contributed by atoms with Gasteiger partial charge in [-0.25, -0.2) is 0 Å². The van der Waals surface area contributed by atoms with Crippen LogP contribution in [0.5, 0.6) is 5.75 Å². The van der Waals surface area contributed by atoms with Crippen molar-refractivity contribution in [1.29, 1.82) is 0 Å². The van der Waals surface area contributed by atoms with E-state index in [4.69, 9.17) is 9.47 Å². The molecule has 0 heterocycles. The summed E-state index contributed by atoms with van der Waals surface area (Å²) in [5.74, 6) is 0.176. The molecule has 0 saturated carbocycles. The van der Waals surface area contributed by atoms with E-state index >= 15 is 0 Å². The Hall–Kier alpha value is -1.88. The average molecular weight is 279 g/mol. The highest BCUT2D eigenvalue weighted by molar-refractivity contribution is 5.96. The molecule has 0 fully saturated rings. The lowest BCUT2D eigenvalue weighted by Gasteiger charge is -2.16. The zero-order valence-corrected chi connectivity index (χ0v) is 12.2. The van der Waals surface area contributed by atoms with Crippen LogP contribution in [0.15, 0.2) is 24.3 Å². The Morgan fingerprint density at radius 2 is 2.05 bits per heavy atom. The highest BCUT2D eigenvalue weighted by Gasteiger charge is 2.13. The fraction of sp³-hybridized carbons (Fsp3) is 0.467. The Balaban J connectivity index is 2.44. The molecule has 5 heteroatoms. The molecular formula is C15H21NO4. The van der Waals surface area contributed by atoms with E-state index in [0.29, 0.717) is 13.2 Å². The van der Waals surface area contributed by atoms with E-state index in [2.05, 4.69) is 0 Å². The van der Waals surface area contributed by atoms with Gasteiger partial charge in [0.2, 0.25) is 0 Å². The third-order valence-electron chi connectivity index (χ3n) is 2.68. The highest BCUT2D eigenvalue weighted by atomic mass is 16.5. The fourth-order valence-corrected chi connectivity index (χ4v) is 1.87. The van der Waals surface area contributed by atoms with Crippen molar-refractivity contribution >= 4 is 11.8 Å². The molecule has 1 aromatic rings. The van der Waals surface area contributed by atoms with Crippen molar-refractivity contribution in [2.75, 3.05) is 27.3 Å². The van der Waals surface area contributed by atoms with Crippen molar-refractivity contribution in [3.63, 3.8) is 0 Å². The zero-order valence-electron chi connectivity index (χ0n) is 12.2. The number of carbonyl (C=O) groups is 2. The number of hydrogen-bond donors (Lipinski definition) is 0. The second kappa shape index (κ2) is 8.32. The standard InChI is InChI=1S/C15H21NO4/c1-4-20-15(18)9-13(17)11-16(2)10-12-6-5-7-14(8-12)19-3/h5-8H,4,9-11H2,1-3H3. The molecule has 0 N–H and O–H groups in total. The maximum atomic E-state index is 11.7. The fourth-order valence-electron chi connectivity index (χ4n) is 1.87. The third-order valence-corrected chi connectivity index (χ3v) is 2.68. The first-order valence-electron chi connectivity index (χ1n) is 6.54. The average Bonchev–Trinajstić information content (AvgIpc) is 2.38. The topological polar surface area (TPSA) is 55.8 Å². The smallest absolute Gasteiger partial charge is 0.313 e. The number of methoxy groups -OCH3 is 1. The number of benzene rings is 1. The number of likely N-dealkylation sites (N-methyl/N-ethyl adjacent to an activating group) is 1. The monoisotopic (exact) mass is 279 g/mol. The van der Waals surface area contributed by atoms with E-state index in [-0.39, 0.29) is 18.7 Å². The van der Waals surface area contributed by atoms with Crippen molar-refractivity contribution in [2.24, 2.45) is 0 Å².